The summed E-state index contributed by atoms with van der Waals surface area (Å²) in [7, 11) is 4.19. The van der Waals surface area contributed by atoms with Crippen LogP contribution >= 0.6 is 0 Å². The Labute approximate surface area is 98.9 Å². The van der Waals surface area contributed by atoms with Gasteiger partial charge in [-0.3, -0.25) is 0 Å². The van der Waals surface area contributed by atoms with Crippen LogP contribution < -0.4 is 0 Å². The lowest BCUT2D eigenvalue weighted by molar-refractivity contribution is 0.235. The molecule has 16 heavy (non-hydrogen) atoms. The maximum Gasteiger partial charge on any atom is 0.0431 e. The second-order valence-electron chi connectivity index (χ2n) is 4.44. The highest BCUT2D eigenvalue weighted by Crippen LogP contribution is 2.23. The number of aryl methyl sites for hydroxylation is 1. The molecule has 0 spiro atoms. The fourth-order valence-electron chi connectivity index (χ4n) is 1.98. The maximum atomic E-state index is 8.91. The molecule has 0 fully saturated rings. The van der Waals surface area contributed by atoms with E-state index in [1.54, 1.807) is 0 Å². The molecule has 1 unspecified atom stereocenters. The fraction of sp³-hybridized carbons (Fsp3) is 0.571. The van der Waals surface area contributed by atoms with Crippen molar-refractivity contribution in [2.45, 2.75) is 32.2 Å². The number of benzene rings is 1. The number of hydrogen-bond donors (Lipinski definition) is 1. The molecule has 0 radical (unpaired) electrons. The van der Waals surface area contributed by atoms with Gasteiger partial charge in [0, 0.05) is 12.6 Å². The highest BCUT2D eigenvalue weighted by atomic mass is 16.2. The first-order valence-corrected chi connectivity index (χ1v) is 6.05. The van der Waals surface area contributed by atoms with Crippen LogP contribution in [0, 0.1) is 0 Å². The Balaban J connectivity index is 2.75. The number of nitrogens with zero attached hydrogens (tertiary/aromatic N) is 1. The smallest absolute Gasteiger partial charge is 0.0431 e. The van der Waals surface area contributed by atoms with Gasteiger partial charge >= 0.3 is 0 Å². The largest absolute Gasteiger partial charge is 0.396 e. The van der Waals surface area contributed by atoms with Gasteiger partial charge in [-0.15, -0.1) is 0 Å². The van der Waals surface area contributed by atoms with Crippen LogP contribution in [0.3, 0.4) is 0 Å². The Morgan fingerprint density at radius 1 is 1.19 bits per heavy atom. The summed E-state index contributed by atoms with van der Waals surface area (Å²) in [6, 6.07) is 9.23. The van der Waals surface area contributed by atoms with Gasteiger partial charge in [-0.05, 0) is 44.5 Å². The van der Waals surface area contributed by atoms with Gasteiger partial charge in [0.25, 0.3) is 0 Å². The molecule has 1 rings (SSSR count). The highest BCUT2D eigenvalue weighted by Gasteiger charge is 2.12. The molecule has 0 saturated heterocycles. The minimum Gasteiger partial charge on any atom is -0.396 e. The monoisotopic (exact) mass is 221 g/mol. The standard InChI is InChI=1S/C14H23NO/c1-4-12-7-9-13(10-8-12)14(15(2)3)6-5-11-16/h7-10,14,16H,4-6,11H2,1-3H3. The van der Waals surface area contributed by atoms with E-state index >= 15 is 0 Å². The van der Waals surface area contributed by atoms with Crippen LogP contribution in [-0.4, -0.2) is 30.7 Å². The van der Waals surface area contributed by atoms with Gasteiger partial charge in [0.1, 0.15) is 0 Å². The molecular formula is C14H23NO. The summed E-state index contributed by atoms with van der Waals surface area (Å²) in [5, 5.41) is 8.91. The van der Waals surface area contributed by atoms with Crippen molar-refractivity contribution in [3.63, 3.8) is 0 Å². The summed E-state index contributed by atoms with van der Waals surface area (Å²) in [6.07, 6.45) is 2.96. The van der Waals surface area contributed by atoms with E-state index in [0.29, 0.717) is 6.04 Å². The molecule has 0 heterocycles. The van der Waals surface area contributed by atoms with Gasteiger partial charge < -0.3 is 10.0 Å². The van der Waals surface area contributed by atoms with Crippen molar-refractivity contribution in [2.24, 2.45) is 0 Å². The second kappa shape index (κ2) is 6.66. The van der Waals surface area contributed by atoms with E-state index < -0.39 is 0 Å². The van der Waals surface area contributed by atoms with Crippen molar-refractivity contribution in [3.05, 3.63) is 35.4 Å². The van der Waals surface area contributed by atoms with Crippen molar-refractivity contribution in [1.82, 2.24) is 4.90 Å². The van der Waals surface area contributed by atoms with E-state index in [2.05, 4.69) is 50.2 Å². The van der Waals surface area contributed by atoms with Crippen LogP contribution in [0.25, 0.3) is 0 Å². The van der Waals surface area contributed by atoms with E-state index in [4.69, 9.17) is 5.11 Å². The van der Waals surface area contributed by atoms with E-state index in [0.717, 1.165) is 19.3 Å². The Morgan fingerprint density at radius 2 is 1.81 bits per heavy atom. The molecular weight excluding hydrogens is 198 g/mol. The lowest BCUT2D eigenvalue weighted by Gasteiger charge is -2.24. The van der Waals surface area contributed by atoms with Crippen molar-refractivity contribution in [3.8, 4) is 0 Å². The SMILES string of the molecule is CCc1ccc(C(CCCO)N(C)C)cc1. The molecule has 90 valence electrons. The van der Waals surface area contributed by atoms with E-state index in [1.807, 2.05) is 0 Å². The molecule has 0 aromatic heterocycles. The number of aliphatic hydroxyl groups excluding tert-OH is 1. The molecule has 0 aliphatic rings. The molecule has 2 heteroatoms. The molecule has 0 aliphatic heterocycles. The van der Waals surface area contributed by atoms with Crippen LogP contribution in [0.5, 0.6) is 0 Å². The van der Waals surface area contributed by atoms with Gasteiger partial charge in [0.15, 0.2) is 0 Å². The van der Waals surface area contributed by atoms with Crippen molar-refractivity contribution in [2.75, 3.05) is 20.7 Å². The molecule has 2 nitrogen and oxygen atoms in total. The molecule has 0 saturated carbocycles. The van der Waals surface area contributed by atoms with Gasteiger partial charge in [0.05, 0.1) is 0 Å². The normalized spacial score (nSPS) is 13.1. The second-order valence-corrected chi connectivity index (χ2v) is 4.44. The van der Waals surface area contributed by atoms with Gasteiger partial charge in [-0.1, -0.05) is 31.2 Å². The Kier molecular flexibility index (Phi) is 5.50. The average molecular weight is 221 g/mol. The molecule has 0 aliphatic carbocycles. The molecule has 1 aromatic rings. The Hall–Kier alpha value is -0.860. The minimum absolute atomic E-state index is 0.275. The van der Waals surface area contributed by atoms with Crippen LogP contribution in [-0.2, 0) is 6.42 Å². The Morgan fingerprint density at radius 3 is 2.25 bits per heavy atom. The quantitative estimate of drug-likeness (QED) is 0.798. The van der Waals surface area contributed by atoms with E-state index in [9.17, 15) is 0 Å². The third-order valence-electron chi connectivity index (χ3n) is 3.03. The molecule has 0 amide bonds. The predicted molar refractivity (Wildman–Crippen MR) is 68.6 cm³/mol. The van der Waals surface area contributed by atoms with Crippen molar-refractivity contribution in [1.29, 1.82) is 0 Å². The van der Waals surface area contributed by atoms with Crippen molar-refractivity contribution < 1.29 is 5.11 Å². The van der Waals surface area contributed by atoms with Gasteiger partial charge in [0.2, 0.25) is 0 Å². The van der Waals surface area contributed by atoms with Crippen LogP contribution in [0.2, 0.25) is 0 Å². The summed E-state index contributed by atoms with van der Waals surface area (Å²) in [6.45, 7) is 2.45. The van der Waals surface area contributed by atoms with Gasteiger partial charge in [-0.25, -0.2) is 0 Å². The highest BCUT2D eigenvalue weighted by molar-refractivity contribution is 5.25. The molecule has 1 aromatic carbocycles. The predicted octanol–water partition coefficient (Wildman–Crippen LogP) is 2.62. The zero-order valence-corrected chi connectivity index (χ0v) is 10.6. The topological polar surface area (TPSA) is 23.5 Å². The maximum absolute atomic E-state index is 8.91. The van der Waals surface area contributed by atoms with Crippen LogP contribution in [0.15, 0.2) is 24.3 Å². The van der Waals surface area contributed by atoms with Crippen molar-refractivity contribution >= 4 is 0 Å². The van der Waals surface area contributed by atoms with Crippen LogP contribution in [0.1, 0.15) is 36.9 Å². The summed E-state index contributed by atoms with van der Waals surface area (Å²) in [5.41, 5.74) is 2.72. The number of aliphatic hydroxyl groups is 1. The zero-order chi connectivity index (χ0) is 12.0. The first-order chi connectivity index (χ1) is 7.69. The third-order valence-corrected chi connectivity index (χ3v) is 3.03. The molecule has 1 N–H and O–H groups in total. The zero-order valence-electron chi connectivity index (χ0n) is 10.6. The summed E-state index contributed by atoms with van der Waals surface area (Å²) < 4.78 is 0. The Bertz CT molecular complexity index is 292. The summed E-state index contributed by atoms with van der Waals surface area (Å²) in [5.74, 6) is 0. The van der Waals surface area contributed by atoms with Crippen LogP contribution in [0.4, 0.5) is 0 Å². The number of hydrogen-bond acceptors (Lipinski definition) is 2. The lowest BCUT2D eigenvalue weighted by atomic mass is 9.99. The lowest BCUT2D eigenvalue weighted by Crippen LogP contribution is -2.20. The fourth-order valence-corrected chi connectivity index (χ4v) is 1.98. The first kappa shape index (κ1) is 13.2. The van der Waals surface area contributed by atoms with Gasteiger partial charge in [-0.2, -0.15) is 0 Å². The summed E-state index contributed by atoms with van der Waals surface area (Å²) in [4.78, 5) is 2.22. The number of rotatable bonds is 6. The molecule has 1 atom stereocenters. The first-order valence-electron chi connectivity index (χ1n) is 6.05. The minimum atomic E-state index is 0.275. The molecule has 0 bridgehead atoms. The third kappa shape index (κ3) is 3.62. The average Bonchev–Trinajstić information content (AvgIpc) is 2.30. The van der Waals surface area contributed by atoms with E-state index in [1.165, 1.54) is 11.1 Å². The summed E-state index contributed by atoms with van der Waals surface area (Å²) >= 11 is 0. The van der Waals surface area contributed by atoms with E-state index in [-0.39, 0.29) is 6.61 Å².